The molecule has 1 saturated heterocycles. The van der Waals surface area contributed by atoms with E-state index in [1.807, 2.05) is 44.2 Å². The number of aliphatic hydroxyl groups excluding tert-OH is 1. The molecule has 0 saturated carbocycles. The number of carbonyl (C=O) groups is 2. The summed E-state index contributed by atoms with van der Waals surface area (Å²) in [6.45, 7) is 4.34. The molecule has 0 radical (unpaired) electrons. The van der Waals surface area contributed by atoms with Gasteiger partial charge in [0.15, 0.2) is 0 Å². The number of rotatable bonds is 6. The van der Waals surface area contributed by atoms with Gasteiger partial charge in [0.25, 0.3) is 0 Å². The molecular formula is C17H24N2O3. The van der Waals surface area contributed by atoms with Crippen molar-refractivity contribution in [2.45, 2.75) is 38.8 Å². The third kappa shape index (κ3) is 3.85. The Kier molecular flexibility index (Phi) is 5.55. The fraction of sp³-hybridized carbons (Fsp3) is 0.529. The number of hydrogen-bond donors (Lipinski definition) is 2. The third-order valence-corrected chi connectivity index (χ3v) is 4.23. The Morgan fingerprint density at radius 2 is 2.05 bits per heavy atom. The average Bonchev–Trinajstić information content (AvgIpc) is 2.89. The lowest BCUT2D eigenvalue weighted by atomic mass is 10.1. The highest BCUT2D eigenvalue weighted by Gasteiger charge is 2.37. The first-order chi connectivity index (χ1) is 10.5. The maximum Gasteiger partial charge on any atom is 0.225 e. The van der Waals surface area contributed by atoms with Gasteiger partial charge in [-0.05, 0) is 25.8 Å². The van der Waals surface area contributed by atoms with E-state index in [4.69, 9.17) is 5.11 Å². The maximum atomic E-state index is 12.2. The largest absolute Gasteiger partial charge is 0.396 e. The van der Waals surface area contributed by atoms with Crippen LogP contribution >= 0.6 is 0 Å². The summed E-state index contributed by atoms with van der Waals surface area (Å²) in [6.07, 6.45) is 0.783. The molecule has 22 heavy (non-hydrogen) atoms. The van der Waals surface area contributed by atoms with Gasteiger partial charge in [0.05, 0.1) is 12.0 Å². The summed E-state index contributed by atoms with van der Waals surface area (Å²) in [4.78, 5) is 26.2. The van der Waals surface area contributed by atoms with Gasteiger partial charge in [-0.3, -0.25) is 9.59 Å². The van der Waals surface area contributed by atoms with Crippen molar-refractivity contribution in [2.75, 3.05) is 13.2 Å². The first-order valence-electron chi connectivity index (χ1n) is 7.78. The van der Waals surface area contributed by atoms with Gasteiger partial charge in [0.2, 0.25) is 11.8 Å². The van der Waals surface area contributed by atoms with Crippen molar-refractivity contribution in [3.8, 4) is 0 Å². The zero-order chi connectivity index (χ0) is 16.1. The van der Waals surface area contributed by atoms with Gasteiger partial charge in [-0.1, -0.05) is 30.3 Å². The summed E-state index contributed by atoms with van der Waals surface area (Å²) in [6, 6.07) is 9.74. The number of carbonyl (C=O) groups excluding carboxylic acids is 2. The molecule has 5 heteroatoms. The molecule has 120 valence electrons. The minimum Gasteiger partial charge on any atom is -0.396 e. The second-order valence-electron chi connectivity index (χ2n) is 5.96. The van der Waals surface area contributed by atoms with E-state index >= 15 is 0 Å². The molecule has 0 aromatic heterocycles. The Morgan fingerprint density at radius 3 is 2.68 bits per heavy atom. The summed E-state index contributed by atoms with van der Waals surface area (Å²) < 4.78 is 0. The Hall–Kier alpha value is -1.88. The van der Waals surface area contributed by atoms with Crippen LogP contribution in [0.4, 0.5) is 0 Å². The molecule has 1 aromatic rings. The van der Waals surface area contributed by atoms with E-state index in [0.717, 1.165) is 5.56 Å². The number of amides is 2. The summed E-state index contributed by atoms with van der Waals surface area (Å²) in [5.41, 5.74) is 1.07. The molecule has 1 fully saturated rings. The van der Waals surface area contributed by atoms with Gasteiger partial charge in [0, 0.05) is 25.6 Å². The molecule has 1 aliphatic heterocycles. The van der Waals surface area contributed by atoms with Crippen molar-refractivity contribution in [1.29, 1.82) is 0 Å². The molecule has 2 amide bonds. The van der Waals surface area contributed by atoms with Gasteiger partial charge < -0.3 is 15.3 Å². The number of benzene rings is 1. The highest BCUT2D eigenvalue weighted by molar-refractivity contribution is 5.89. The Labute approximate surface area is 131 Å². The second kappa shape index (κ2) is 7.40. The molecule has 0 bridgehead atoms. The number of likely N-dealkylation sites (tertiary alicyclic amines) is 1. The number of nitrogens with one attached hydrogen (secondary N) is 1. The van der Waals surface area contributed by atoms with E-state index in [2.05, 4.69) is 5.32 Å². The van der Waals surface area contributed by atoms with Crippen molar-refractivity contribution in [3.63, 3.8) is 0 Å². The molecule has 2 N–H and O–H groups in total. The molecule has 1 aliphatic rings. The zero-order valence-corrected chi connectivity index (χ0v) is 13.2. The summed E-state index contributed by atoms with van der Waals surface area (Å²) in [5.74, 6) is -0.386. The zero-order valence-electron chi connectivity index (χ0n) is 13.2. The fourth-order valence-corrected chi connectivity index (χ4v) is 2.82. The first kappa shape index (κ1) is 16.5. The molecule has 5 nitrogen and oxygen atoms in total. The van der Waals surface area contributed by atoms with Crippen LogP contribution in [0.2, 0.25) is 0 Å². The van der Waals surface area contributed by atoms with Crippen LogP contribution in [0.25, 0.3) is 0 Å². The van der Waals surface area contributed by atoms with Crippen LogP contribution in [-0.2, 0) is 9.59 Å². The van der Waals surface area contributed by atoms with Crippen molar-refractivity contribution in [1.82, 2.24) is 10.2 Å². The van der Waals surface area contributed by atoms with E-state index < -0.39 is 0 Å². The smallest absolute Gasteiger partial charge is 0.225 e. The van der Waals surface area contributed by atoms with Crippen LogP contribution in [0.15, 0.2) is 30.3 Å². The minimum atomic E-state index is -0.306. The van der Waals surface area contributed by atoms with E-state index in [9.17, 15) is 9.59 Å². The van der Waals surface area contributed by atoms with Crippen LogP contribution in [0.5, 0.6) is 0 Å². The van der Waals surface area contributed by atoms with Gasteiger partial charge in [0.1, 0.15) is 0 Å². The van der Waals surface area contributed by atoms with Crippen molar-refractivity contribution in [3.05, 3.63) is 35.9 Å². The predicted molar refractivity (Wildman–Crippen MR) is 84.0 cm³/mol. The second-order valence-corrected chi connectivity index (χ2v) is 5.96. The van der Waals surface area contributed by atoms with Crippen LogP contribution in [0.3, 0.4) is 0 Å². The van der Waals surface area contributed by atoms with Gasteiger partial charge >= 0.3 is 0 Å². The Balaban J connectivity index is 1.97. The molecule has 0 aliphatic carbocycles. The number of hydrogen-bond acceptors (Lipinski definition) is 3. The van der Waals surface area contributed by atoms with Crippen molar-refractivity contribution < 1.29 is 14.7 Å². The number of nitrogens with zero attached hydrogens (tertiary/aromatic N) is 1. The Bertz CT molecular complexity index is 518. The van der Waals surface area contributed by atoms with Crippen LogP contribution in [-0.4, -0.2) is 41.0 Å². The SMILES string of the molecule is CC(CCO)NC(=O)C1CC(=O)N(C(C)c2ccccc2)C1. The Morgan fingerprint density at radius 1 is 1.36 bits per heavy atom. The quantitative estimate of drug-likeness (QED) is 0.836. The van der Waals surface area contributed by atoms with E-state index in [0.29, 0.717) is 13.0 Å². The van der Waals surface area contributed by atoms with Gasteiger partial charge in [-0.2, -0.15) is 0 Å². The highest BCUT2D eigenvalue weighted by Crippen LogP contribution is 2.28. The fourth-order valence-electron chi connectivity index (χ4n) is 2.82. The highest BCUT2D eigenvalue weighted by atomic mass is 16.3. The van der Waals surface area contributed by atoms with E-state index in [1.54, 1.807) is 4.90 Å². The molecule has 2 rings (SSSR count). The maximum absolute atomic E-state index is 12.2. The third-order valence-electron chi connectivity index (χ3n) is 4.23. The van der Waals surface area contributed by atoms with Crippen molar-refractivity contribution in [2.24, 2.45) is 5.92 Å². The summed E-state index contributed by atoms with van der Waals surface area (Å²) in [5, 5.41) is 11.7. The molecule has 1 heterocycles. The topological polar surface area (TPSA) is 69.6 Å². The van der Waals surface area contributed by atoms with Crippen LogP contribution in [0, 0.1) is 5.92 Å². The minimum absolute atomic E-state index is 0.0197. The molecule has 3 atom stereocenters. The molecule has 1 aromatic carbocycles. The van der Waals surface area contributed by atoms with Crippen molar-refractivity contribution >= 4 is 11.8 Å². The summed E-state index contributed by atoms with van der Waals surface area (Å²) in [7, 11) is 0. The van der Waals surface area contributed by atoms with E-state index in [1.165, 1.54) is 0 Å². The number of aliphatic hydroxyl groups is 1. The van der Waals surface area contributed by atoms with Gasteiger partial charge in [-0.25, -0.2) is 0 Å². The average molecular weight is 304 g/mol. The predicted octanol–water partition coefficient (Wildman–Crippen LogP) is 1.48. The first-order valence-corrected chi connectivity index (χ1v) is 7.78. The lowest BCUT2D eigenvalue weighted by Gasteiger charge is -2.25. The lowest BCUT2D eigenvalue weighted by Crippen LogP contribution is -2.39. The molecule has 0 spiro atoms. The normalized spacial score (nSPS) is 20.8. The van der Waals surface area contributed by atoms with E-state index in [-0.39, 0.29) is 42.8 Å². The van der Waals surface area contributed by atoms with Crippen LogP contribution < -0.4 is 5.32 Å². The van der Waals surface area contributed by atoms with Crippen LogP contribution in [0.1, 0.15) is 38.3 Å². The van der Waals surface area contributed by atoms with Gasteiger partial charge in [-0.15, -0.1) is 0 Å². The molecule has 3 unspecified atom stereocenters. The molecular weight excluding hydrogens is 280 g/mol. The standard InChI is InChI=1S/C17H24N2O3/c1-12(8-9-20)18-17(22)15-10-16(21)19(11-15)13(2)14-6-4-3-5-7-14/h3-7,12-13,15,20H,8-11H2,1-2H3,(H,18,22). The lowest BCUT2D eigenvalue weighted by molar-refractivity contribution is -0.130. The monoisotopic (exact) mass is 304 g/mol. The summed E-state index contributed by atoms with van der Waals surface area (Å²) >= 11 is 0.